The first-order chi connectivity index (χ1) is 11.6. The summed E-state index contributed by atoms with van der Waals surface area (Å²) >= 11 is 0. The van der Waals surface area contributed by atoms with E-state index < -0.39 is 5.97 Å². The summed E-state index contributed by atoms with van der Waals surface area (Å²) in [5.41, 5.74) is 2.35. The van der Waals surface area contributed by atoms with Gasteiger partial charge in [0.2, 0.25) is 0 Å². The second kappa shape index (κ2) is 6.75. The summed E-state index contributed by atoms with van der Waals surface area (Å²) in [6.07, 6.45) is 1.21. The van der Waals surface area contributed by atoms with Gasteiger partial charge in [0, 0.05) is 11.8 Å². The minimum Gasteiger partial charge on any atom is -0.478 e. The number of hydrogen-bond donors (Lipinski definition) is 2. The van der Waals surface area contributed by atoms with Crippen molar-refractivity contribution in [3.63, 3.8) is 0 Å². The highest BCUT2D eigenvalue weighted by Crippen LogP contribution is 2.24. The fourth-order valence-corrected chi connectivity index (χ4v) is 2.33. The Balaban J connectivity index is 1.87. The molecule has 24 heavy (non-hydrogen) atoms. The summed E-state index contributed by atoms with van der Waals surface area (Å²) in [6.45, 7) is 0. The molecule has 0 aliphatic rings. The molecule has 1 aromatic heterocycles. The van der Waals surface area contributed by atoms with Crippen molar-refractivity contribution in [1.29, 1.82) is 0 Å². The number of aromatic carboxylic acids is 1. The lowest BCUT2D eigenvalue weighted by atomic mass is 9.99. The van der Waals surface area contributed by atoms with Gasteiger partial charge in [-0.25, -0.2) is 9.78 Å². The number of carboxylic acid groups (broad SMARTS) is 1. The maximum atomic E-state index is 12.6. The van der Waals surface area contributed by atoms with Crippen molar-refractivity contribution in [2.24, 2.45) is 0 Å². The lowest BCUT2D eigenvalue weighted by Crippen LogP contribution is -2.14. The first-order valence-electron chi connectivity index (χ1n) is 7.30. The SMILES string of the molecule is O=C(O)c1ccc(NC(=O)c2ccccc2-c2ccccc2)nc1. The van der Waals surface area contributed by atoms with Crippen LogP contribution in [0.15, 0.2) is 72.9 Å². The molecule has 3 aromatic rings. The van der Waals surface area contributed by atoms with Crippen LogP contribution in [0.25, 0.3) is 11.1 Å². The fraction of sp³-hybridized carbons (Fsp3) is 0. The van der Waals surface area contributed by atoms with Gasteiger partial charge in [-0.05, 0) is 29.3 Å². The van der Waals surface area contributed by atoms with E-state index in [4.69, 9.17) is 5.11 Å². The number of carboxylic acids is 1. The van der Waals surface area contributed by atoms with E-state index in [0.29, 0.717) is 11.4 Å². The molecule has 3 rings (SSSR count). The van der Waals surface area contributed by atoms with Crippen LogP contribution < -0.4 is 5.32 Å². The number of rotatable bonds is 4. The molecule has 5 nitrogen and oxygen atoms in total. The van der Waals surface area contributed by atoms with Gasteiger partial charge < -0.3 is 10.4 Å². The quantitative estimate of drug-likeness (QED) is 0.769. The van der Waals surface area contributed by atoms with Crippen LogP contribution >= 0.6 is 0 Å². The van der Waals surface area contributed by atoms with Gasteiger partial charge in [0.25, 0.3) is 5.91 Å². The predicted octanol–water partition coefficient (Wildman–Crippen LogP) is 3.70. The van der Waals surface area contributed by atoms with E-state index >= 15 is 0 Å². The molecular weight excluding hydrogens is 304 g/mol. The molecule has 0 bridgehead atoms. The molecule has 5 heteroatoms. The van der Waals surface area contributed by atoms with Crippen molar-refractivity contribution in [3.05, 3.63) is 84.1 Å². The van der Waals surface area contributed by atoms with E-state index in [1.807, 2.05) is 42.5 Å². The molecule has 118 valence electrons. The molecule has 0 atom stereocenters. The highest BCUT2D eigenvalue weighted by Gasteiger charge is 2.13. The smallest absolute Gasteiger partial charge is 0.337 e. The van der Waals surface area contributed by atoms with E-state index in [1.165, 1.54) is 18.3 Å². The molecule has 2 N–H and O–H groups in total. The third-order valence-corrected chi connectivity index (χ3v) is 3.51. The average molecular weight is 318 g/mol. The molecule has 1 amide bonds. The first kappa shape index (κ1) is 15.4. The summed E-state index contributed by atoms with van der Waals surface area (Å²) < 4.78 is 0. The van der Waals surface area contributed by atoms with Crippen molar-refractivity contribution in [2.75, 3.05) is 5.32 Å². The Labute approximate surface area is 138 Å². The lowest BCUT2D eigenvalue weighted by Gasteiger charge is -2.10. The van der Waals surface area contributed by atoms with Crippen LogP contribution in [0.4, 0.5) is 5.82 Å². The minimum atomic E-state index is -1.06. The molecule has 0 saturated carbocycles. The standard InChI is InChI=1S/C19H14N2O3/c22-18(21-17-11-10-14(12-20-17)19(23)24)16-9-5-4-8-15(16)13-6-2-1-3-7-13/h1-12H,(H,23,24)(H,20,21,22). The Kier molecular flexibility index (Phi) is 4.34. The van der Waals surface area contributed by atoms with Crippen LogP contribution in [0.5, 0.6) is 0 Å². The number of anilines is 1. The zero-order valence-electron chi connectivity index (χ0n) is 12.6. The maximum absolute atomic E-state index is 12.6. The molecule has 0 fully saturated rings. The van der Waals surface area contributed by atoms with Gasteiger partial charge >= 0.3 is 5.97 Å². The van der Waals surface area contributed by atoms with E-state index in [2.05, 4.69) is 10.3 Å². The molecule has 1 heterocycles. The summed E-state index contributed by atoms with van der Waals surface area (Å²) in [5, 5.41) is 11.6. The summed E-state index contributed by atoms with van der Waals surface area (Å²) in [4.78, 5) is 27.3. The first-order valence-corrected chi connectivity index (χ1v) is 7.30. The van der Waals surface area contributed by atoms with Gasteiger partial charge in [-0.2, -0.15) is 0 Å². The molecule has 0 aliphatic heterocycles. The summed E-state index contributed by atoms with van der Waals surface area (Å²) in [6, 6.07) is 19.8. The summed E-state index contributed by atoms with van der Waals surface area (Å²) in [7, 11) is 0. The van der Waals surface area contributed by atoms with Gasteiger partial charge in [-0.1, -0.05) is 48.5 Å². The van der Waals surface area contributed by atoms with Crippen molar-refractivity contribution in [3.8, 4) is 11.1 Å². The van der Waals surface area contributed by atoms with Crippen LogP contribution in [0.3, 0.4) is 0 Å². The second-order valence-electron chi connectivity index (χ2n) is 5.10. The Hall–Kier alpha value is -3.47. The highest BCUT2D eigenvalue weighted by atomic mass is 16.4. The molecule has 0 unspecified atom stereocenters. The highest BCUT2D eigenvalue weighted by molar-refractivity contribution is 6.08. The Morgan fingerprint density at radius 3 is 2.25 bits per heavy atom. The van der Waals surface area contributed by atoms with Crippen LogP contribution in [0.2, 0.25) is 0 Å². The second-order valence-corrected chi connectivity index (χ2v) is 5.10. The molecule has 0 aliphatic carbocycles. The van der Waals surface area contributed by atoms with E-state index in [1.54, 1.807) is 12.1 Å². The molecule has 0 saturated heterocycles. The summed E-state index contributed by atoms with van der Waals surface area (Å²) in [5.74, 6) is -1.06. The normalized spacial score (nSPS) is 10.2. The van der Waals surface area contributed by atoms with Crippen LogP contribution in [0.1, 0.15) is 20.7 Å². The number of carbonyl (C=O) groups excluding carboxylic acids is 1. The average Bonchev–Trinajstić information content (AvgIpc) is 2.63. The van der Waals surface area contributed by atoms with E-state index in [9.17, 15) is 9.59 Å². The van der Waals surface area contributed by atoms with Gasteiger partial charge in [-0.15, -0.1) is 0 Å². The van der Waals surface area contributed by atoms with Crippen LogP contribution in [0, 0.1) is 0 Å². The van der Waals surface area contributed by atoms with Crippen LogP contribution in [-0.2, 0) is 0 Å². The van der Waals surface area contributed by atoms with Gasteiger partial charge in [0.1, 0.15) is 5.82 Å². The Morgan fingerprint density at radius 1 is 0.875 bits per heavy atom. The number of aromatic nitrogens is 1. The number of carbonyl (C=O) groups is 2. The van der Waals surface area contributed by atoms with Gasteiger partial charge in [0.15, 0.2) is 0 Å². The zero-order chi connectivity index (χ0) is 16.9. The zero-order valence-corrected chi connectivity index (χ0v) is 12.6. The van der Waals surface area contributed by atoms with Crippen molar-refractivity contribution in [1.82, 2.24) is 4.98 Å². The molecule has 0 radical (unpaired) electrons. The number of pyridine rings is 1. The topological polar surface area (TPSA) is 79.3 Å². The monoisotopic (exact) mass is 318 g/mol. The van der Waals surface area contributed by atoms with E-state index in [0.717, 1.165) is 11.1 Å². The fourth-order valence-electron chi connectivity index (χ4n) is 2.33. The third kappa shape index (κ3) is 3.30. The number of hydrogen-bond acceptors (Lipinski definition) is 3. The Bertz CT molecular complexity index is 875. The van der Waals surface area contributed by atoms with Crippen molar-refractivity contribution < 1.29 is 14.7 Å². The van der Waals surface area contributed by atoms with Crippen LogP contribution in [-0.4, -0.2) is 22.0 Å². The number of benzene rings is 2. The third-order valence-electron chi connectivity index (χ3n) is 3.51. The maximum Gasteiger partial charge on any atom is 0.337 e. The van der Waals surface area contributed by atoms with Crippen molar-refractivity contribution in [2.45, 2.75) is 0 Å². The number of amides is 1. The predicted molar refractivity (Wildman–Crippen MR) is 91.0 cm³/mol. The number of nitrogens with one attached hydrogen (secondary N) is 1. The largest absolute Gasteiger partial charge is 0.478 e. The lowest BCUT2D eigenvalue weighted by molar-refractivity contribution is 0.0696. The van der Waals surface area contributed by atoms with Gasteiger partial charge in [0.05, 0.1) is 5.56 Å². The molecule has 0 spiro atoms. The van der Waals surface area contributed by atoms with Gasteiger partial charge in [-0.3, -0.25) is 4.79 Å². The minimum absolute atomic E-state index is 0.0673. The molecular formula is C19H14N2O3. The molecule has 2 aromatic carbocycles. The van der Waals surface area contributed by atoms with E-state index in [-0.39, 0.29) is 11.5 Å². The Morgan fingerprint density at radius 2 is 1.58 bits per heavy atom. The van der Waals surface area contributed by atoms with Crippen molar-refractivity contribution >= 4 is 17.7 Å². The number of nitrogens with zero attached hydrogens (tertiary/aromatic N) is 1.